The van der Waals surface area contributed by atoms with Crippen LogP contribution < -0.4 is 11.1 Å². The summed E-state index contributed by atoms with van der Waals surface area (Å²) in [4.78, 5) is 0. The van der Waals surface area contributed by atoms with Crippen LogP contribution in [0.15, 0.2) is 12.1 Å². The molecule has 3 nitrogen and oxygen atoms in total. The largest absolute Gasteiger partial charge is 0.395 e. The summed E-state index contributed by atoms with van der Waals surface area (Å²) in [6, 6.07) is 2.99. The topological polar surface area (TPSA) is 58.3 Å². The fourth-order valence-corrected chi connectivity index (χ4v) is 1.93. The number of benzene rings is 1. The van der Waals surface area contributed by atoms with E-state index >= 15 is 0 Å². The van der Waals surface area contributed by atoms with E-state index in [0.717, 1.165) is 0 Å². The first kappa shape index (κ1) is 17.9. The van der Waals surface area contributed by atoms with Crippen LogP contribution in [0.3, 0.4) is 0 Å². The maximum atomic E-state index is 13.4. The molecule has 4 N–H and O–H groups in total. The van der Waals surface area contributed by atoms with Gasteiger partial charge in [-0.1, -0.05) is 0 Å². The molecule has 0 bridgehead atoms. The Labute approximate surface area is 127 Å². The fourth-order valence-electron chi connectivity index (χ4n) is 1.32. The second-order valence-corrected chi connectivity index (χ2v) is 6.21. The van der Waals surface area contributed by atoms with E-state index < -0.39 is 11.9 Å². The van der Waals surface area contributed by atoms with Crippen LogP contribution in [0.2, 0.25) is 0 Å². The second-order valence-electron chi connectivity index (χ2n) is 5.04. The third kappa shape index (κ3) is 5.26. The van der Waals surface area contributed by atoms with Crippen LogP contribution in [0, 0.1) is 9.39 Å². The third-order valence-corrected chi connectivity index (χ3v) is 3.20. The van der Waals surface area contributed by atoms with Gasteiger partial charge in [0, 0.05) is 15.7 Å². The fraction of sp³-hybridized carbons (Fsp3) is 0.500. The number of aliphatic hydroxyl groups excluding tert-OH is 1. The first-order chi connectivity index (χ1) is 7.70. The van der Waals surface area contributed by atoms with Crippen molar-refractivity contribution in [2.24, 2.45) is 0 Å². The number of anilines is 1. The summed E-state index contributed by atoms with van der Waals surface area (Å²) >= 11 is 1.96. The summed E-state index contributed by atoms with van der Waals surface area (Å²) in [6.07, 6.45) is -0.738. The molecule has 0 fully saturated rings. The van der Waals surface area contributed by atoms with Crippen LogP contribution in [0.5, 0.6) is 0 Å². The highest BCUT2D eigenvalue weighted by atomic mass is 127. The summed E-state index contributed by atoms with van der Waals surface area (Å²) in [5.41, 5.74) is 6.10. The molecular formula is C12H19ClFIN2O. The molecule has 0 radical (unpaired) electrons. The highest BCUT2D eigenvalue weighted by Crippen LogP contribution is 2.24. The van der Waals surface area contributed by atoms with Crippen molar-refractivity contribution in [1.29, 1.82) is 0 Å². The number of halogens is 3. The Kier molecular flexibility index (Phi) is 6.84. The molecule has 1 rings (SSSR count). The average Bonchev–Trinajstić information content (AvgIpc) is 2.20. The number of hydrogen-bond donors (Lipinski definition) is 3. The molecular weight excluding hydrogens is 370 g/mol. The summed E-state index contributed by atoms with van der Waals surface area (Å²) in [5, 5.41) is 13.1. The van der Waals surface area contributed by atoms with Gasteiger partial charge in [-0.25, -0.2) is 4.39 Å². The summed E-state index contributed by atoms with van der Waals surface area (Å²) in [5.74, 6) is -0.485. The van der Waals surface area contributed by atoms with Crippen molar-refractivity contribution < 1.29 is 9.50 Å². The predicted octanol–water partition coefficient (Wildman–Crippen LogP) is 2.86. The van der Waals surface area contributed by atoms with E-state index in [9.17, 15) is 9.50 Å². The molecule has 1 atom stereocenters. The Morgan fingerprint density at radius 3 is 2.44 bits per heavy atom. The van der Waals surface area contributed by atoms with Crippen LogP contribution in [-0.2, 0) is 0 Å². The zero-order valence-electron chi connectivity index (χ0n) is 10.6. The lowest BCUT2D eigenvalue weighted by molar-refractivity contribution is 0.163. The van der Waals surface area contributed by atoms with Crippen LogP contribution >= 0.6 is 35.0 Å². The number of aliphatic hydroxyl groups is 1. The lowest BCUT2D eigenvalue weighted by Crippen LogP contribution is -2.38. The average molecular weight is 389 g/mol. The van der Waals surface area contributed by atoms with E-state index in [4.69, 9.17) is 5.73 Å². The van der Waals surface area contributed by atoms with E-state index in [1.54, 1.807) is 6.07 Å². The minimum atomic E-state index is -0.738. The van der Waals surface area contributed by atoms with Gasteiger partial charge in [0.1, 0.15) is 5.82 Å². The number of hydrogen-bond acceptors (Lipinski definition) is 3. The Bertz CT molecular complexity index is 387. The summed E-state index contributed by atoms with van der Waals surface area (Å²) in [7, 11) is 0. The van der Waals surface area contributed by atoms with Crippen molar-refractivity contribution >= 4 is 40.7 Å². The molecule has 1 unspecified atom stereocenters. The first-order valence-electron chi connectivity index (χ1n) is 5.38. The van der Waals surface area contributed by atoms with Crippen molar-refractivity contribution in [2.75, 3.05) is 12.3 Å². The monoisotopic (exact) mass is 388 g/mol. The maximum Gasteiger partial charge on any atom is 0.147 e. The third-order valence-electron chi connectivity index (χ3n) is 2.31. The van der Waals surface area contributed by atoms with Gasteiger partial charge in [0.25, 0.3) is 0 Å². The van der Waals surface area contributed by atoms with Gasteiger partial charge in [-0.05, 0) is 61.1 Å². The molecule has 0 saturated carbocycles. The van der Waals surface area contributed by atoms with Gasteiger partial charge in [0.15, 0.2) is 0 Å². The van der Waals surface area contributed by atoms with Crippen molar-refractivity contribution in [2.45, 2.75) is 32.4 Å². The van der Waals surface area contributed by atoms with Gasteiger partial charge in [-0.2, -0.15) is 0 Å². The van der Waals surface area contributed by atoms with Gasteiger partial charge in [0.2, 0.25) is 0 Å². The number of nitrogens with two attached hydrogens (primary N) is 1. The van der Waals surface area contributed by atoms with Gasteiger partial charge < -0.3 is 16.2 Å². The molecule has 104 valence electrons. The maximum absolute atomic E-state index is 13.4. The quantitative estimate of drug-likeness (QED) is 0.551. The summed E-state index contributed by atoms with van der Waals surface area (Å²) < 4.78 is 14.0. The van der Waals surface area contributed by atoms with Crippen molar-refractivity contribution in [1.82, 2.24) is 5.32 Å². The van der Waals surface area contributed by atoms with Crippen LogP contribution in [0.4, 0.5) is 10.1 Å². The van der Waals surface area contributed by atoms with E-state index in [1.807, 2.05) is 43.4 Å². The Hall–Kier alpha value is -0.110. The van der Waals surface area contributed by atoms with E-state index in [0.29, 0.717) is 15.7 Å². The molecule has 0 aliphatic carbocycles. The van der Waals surface area contributed by atoms with E-state index in [2.05, 4.69) is 5.32 Å². The SMILES string of the molecule is CC(C)(C)NCC(O)c1cc(F)c(N)c(I)c1.Cl. The van der Waals surface area contributed by atoms with Crippen molar-refractivity contribution in [3.8, 4) is 0 Å². The predicted molar refractivity (Wildman–Crippen MR) is 83.5 cm³/mol. The van der Waals surface area contributed by atoms with Gasteiger partial charge >= 0.3 is 0 Å². The molecule has 18 heavy (non-hydrogen) atoms. The Balaban J connectivity index is 0.00000289. The molecule has 0 aliphatic heterocycles. The second kappa shape index (κ2) is 6.88. The molecule has 1 aromatic rings. The lowest BCUT2D eigenvalue weighted by Gasteiger charge is -2.23. The molecule has 6 heteroatoms. The molecule has 0 aromatic heterocycles. The smallest absolute Gasteiger partial charge is 0.147 e. The summed E-state index contributed by atoms with van der Waals surface area (Å²) in [6.45, 7) is 6.40. The van der Waals surface area contributed by atoms with Gasteiger partial charge in [0.05, 0.1) is 11.8 Å². The number of β-amino-alcohol motifs (C(OH)–C–C–N with tert-alkyl or cyclic N) is 1. The van der Waals surface area contributed by atoms with E-state index in [-0.39, 0.29) is 23.6 Å². The number of rotatable bonds is 3. The minimum Gasteiger partial charge on any atom is -0.395 e. The normalized spacial score (nSPS) is 13.0. The molecule has 0 amide bonds. The number of nitrogens with one attached hydrogen (secondary N) is 1. The Morgan fingerprint density at radius 2 is 2.00 bits per heavy atom. The molecule has 0 saturated heterocycles. The highest BCUT2D eigenvalue weighted by molar-refractivity contribution is 14.1. The van der Waals surface area contributed by atoms with Crippen LogP contribution in [-0.4, -0.2) is 17.2 Å². The van der Waals surface area contributed by atoms with Gasteiger partial charge in [-0.15, -0.1) is 12.4 Å². The van der Waals surface area contributed by atoms with Crippen molar-refractivity contribution in [3.05, 3.63) is 27.1 Å². The zero-order valence-corrected chi connectivity index (χ0v) is 13.6. The molecule has 1 aromatic carbocycles. The van der Waals surface area contributed by atoms with E-state index in [1.165, 1.54) is 6.07 Å². The first-order valence-corrected chi connectivity index (χ1v) is 6.46. The van der Waals surface area contributed by atoms with Gasteiger partial charge in [-0.3, -0.25) is 0 Å². The standard InChI is InChI=1S/C12H18FIN2O.ClH/c1-12(2,3)16-6-10(17)7-4-8(13)11(15)9(14)5-7;/h4-5,10,16-17H,6,15H2,1-3H3;1H. The van der Waals surface area contributed by atoms with Crippen LogP contribution in [0.1, 0.15) is 32.4 Å². The highest BCUT2D eigenvalue weighted by Gasteiger charge is 2.16. The van der Waals surface area contributed by atoms with Crippen molar-refractivity contribution in [3.63, 3.8) is 0 Å². The number of nitrogen functional groups attached to an aromatic ring is 1. The van der Waals surface area contributed by atoms with Crippen LogP contribution in [0.25, 0.3) is 0 Å². The lowest BCUT2D eigenvalue weighted by atomic mass is 10.1. The molecule has 0 heterocycles. The Morgan fingerprint density at radius 1 is 1.44 bits per heavy atom. The zero-order chi connectivity index (χ0) is 13.2. The minimum absolute atomic E-state index is 0. The molecule has 0 spiro atoms. The molecule has 0 aliphatic rings.